The number of allylic oxidation sites excluding steroid dienone is 3. The molecule has 0 aliphatic rings. The first-order valence-electron chi connectivity index (χ1n) is 3.09. The van der Waals surface area contributed by atoms with E-state index in [9.17, 15) is 4.79 Å². The number of carbonyl (C=O) groups is 1. The van der Waals surface area contributed by atoms with E-state index in [1.165, 1.54) is 0 Å². The average Bonchev–Trinajstić information content (AvgIpc) is 1.82. The molecule has 0 radical (unpaired) electrons. The summed E-state index contributed by atoms with van der Waals surface area (Å²) in [6.07, 6.45) is 2.74. The minimum Gasteiger partial charge on any atom is -0.478 e. The van der Waals surface area contributed by atoms with Gasteiger partial charge in [-0.05, 0) is 20.8 Å². The summed E-state index contributed by atoms with van der Waals surface area (Å²) in [5.41, 5.74) is 2.14. The Labute approximate surface area is 60.9 Å². The van der Waals surface area contributed by atoms with E-state index in [2.05, 4.69) is 0 Å². The third kappa shape index (κ3) is 3.89. The highest BCUT2D eigenvalue weighted by Crippen LogP contribution is 2.02. The Morgan fingerprint density at radius 2 is 1.70 bits per heavy atom. The van der Waals surface area contributed by atoms with Crippen molar-refractivity contribution in [1.82, 2.24) is 0 Å². The average molecular weight is 140 g/mol. The zero-order valence-electron chi connectivity index (χ0n) is 6.51. The van der Waals surface area contributed by atoms with Gasteiger partial charge in [-0.1, -0.05) is 17.2 Å². The van der Waals surface area contributed by atoms with Crippen molar-refractivity contribution >= 4 is 5.97 Å². The molecule has 0 aliphatic heterocycles. The number of rotatable bonds is 2. The first kappa shape index (κ1) is 8.95. The lowest BCUT2D eigenvalue weighted by atomic mass is 10.2. The van der Waals surface area contributed by atoms with E-state index in [0.29, 0.717) is 0 Å². The van der Waals surface area contributed by atoms with Crippen LogP contribution in [0.4, 0.5) is 0 Å². The minimum absolute atomic E-state index is 0.902. The highest BCUT2D eigenvalue weighted by molar-refractivity contribution is 5.80. The van der Waals surface area contributed by atoms with Crippen molar-refractivity contribution < 1.29 is 9.90 Å². The van der Waals surface area contributed by atoms with Crippen LogP contribution in [0.5, 0.6) is 0 Å². The van der Waals surface area contributed by atoms with E-state index in [-0.39, 0.29) is 0 Å². The maximum absolute atomic E-state index is 10.0. The van der Waals surface area contributed by atoms with Gasteiger partial charge < -0.3 is 5.11 Å². The van der Waals surface area contributed by atoms with Gasteiger partial charge in [0.1, 0.15) is 0 Å². The Morgan fingerprint density at radius 3 is 2.00 bits per heavy atom. The number of hydrogen-bond acceptors (Lipinski definition) is 1. The normalized spacial score (nSPS) is 9.90. The lowest BCUT2D eigenvalue weighted by Gasteiger charge is -1.92. The van der Waals surface area contributed by atoms with Crippen LogP contribution in [-0.2, 0) is 4.79 Å². The molecule has 0 saturated heterocycles. The highest BCUT2D eigenvalue weighted by Gasteiger charge is 1.87. The first-order valence-corrected chi connectivity index (χ1v) is 3.09. The molecule has 10 heavy (non-hydrogen) atoms. The van der Waals surface area contributed by atoms with Gasteiger partial charge in [0.2, 0.25) is 0 Å². The molecule has 0 atom stereocenters. The van der Waals surface area contributed by atoms with Crippen LogP contribution >= 0.6 is 0 Å². The van der Waals surface area contributed by atoms with Crippen LogP contribution in [0.3, 0.4) is 0 Å². The predicted molar refractivity (Wildman–Crippen MR) is 40.8 cm³/mol. The van der Waals surface area contributed by atoms with Crippen LogP contribution in [0.15, 0.2) is 23.3 Å². The second-order valence-corrected chi connectivity index (χ2v) is 2.35. The molecule has 0 fully saturated rings. The monoisotopic (exact) mass is 140 g/mol. The van der Waals surface area contributed by atoms with E-state index in [4.69, 9.17) is 5.11 Å². The van der Waals surface area contributed by atoms with Gasteiger partial charge in [-0.3, -0.25) is 0 Å². The largest absolute Gasteiger partial charge is 0.478 e. The van der Waals surface area contributed by atoms with Crippen molar-refractivity contribution in [3.63, 3.8) is 0 Å². The smallest absolute Gasteiger partial charge is 0.328 e. The summed E-state index contributed by atoms with van der Waals surface area (Å²) in [5.74, 6) is -0.902. The summed E-state index contributed by atoms with van der Waals surface area (Å²) in [4.78, 5) is 10.0. The molecule has 0 heterocycles. The molecule has 2 heteroatoms. The van der Waals surface area contributed by atoms with Crippen LogP contribution in [0.25, 0.3) is 0 Å². The van der Waals surface area contributed by atoms with Gasteiger partial charge in [0.05, 0.1) is 0 Å². The quantitative estimate of drug-likeness (QED) is 0.470. The summed E-state index contributed by atoms with van der Waals surface area (Å²) >= 11 is 0. The van der Waals surface area contributed by atoms with Gasteiger partial charge >= 0.3 is 5.97 Å². The Balaban J connectivity index is 4.16. The number of carboxylic acid groups (broad SMARTS) is 1. The summed E-state index contributed by atoms with van der Waals surface area (Å²) in [6.45, 7) is 5.78. The molecule has 0 saturated carbocycles. The number of aliphatic carboxylic acids is 1. The molecule has 56 valence electrons. The van der Waals surface area contributed by atoms with E-state index < -0.39 is 5.97 Å². The molecular formula is C8H12O2. The third-order valence-electron chi connectivity index (χ3n) is 1.26. The molecule has 0 aromatic rings. The predicted octanol–water partition coefficient (Wildman–Crippen LogP) is 1.98. The topological polar surface area (TPSA) is 37.3 Å². The molecule has 0 amide bonds. The Morgan fingerprint density at radius 1 is 1.20 bits per heavy atom. The summed E-state index contributed by atoms with van der Waals surface area (Å²) < 4.78 is 0. The molecule has 0 rings (SSSR count). The molecule has 0 aliphatic carbocycles. The van der Waals surface area contributed by atoms with Gasteiger partial charge in [0.25, 0.3) is 0 Å². The molecule has 2 nitrogen and oxygen atoms in total. The lowest BCUT2D eigenvalue weighted by Crippen LogP contribution is -1.86. The van der Waals surface area contributed by atoms with Crippen LogP contribution in [-0.4, -0.2) is 11.1 Å². The van der Waals surface area contributed by atoms with Crippen LogP contribution in [0.2, 0.25) is 0 Å². The summed E-state index contributed by atoms with van der Waals surface area (Å²) in [6, 6.07) is 0. The number of carboxylic acids is 1. The van der Waals surface area contributed by atoms with E-state index in [1.54, 1.807) is 6.08 Å². The first-order chi connectivity index (χ1) is 4.54. The fraction of sp³-hybridized carbons (Fsp3) is 0.375. The van der Waals surface area contributed by atoms with Crippen LogP contribution in [0.1, 0.15) is 20.8 Å². The van der Waals surface area contributed by atoms with E-state index >= 15 is 0 Å². The fourth-order valence-corrected chi connectivity index (χ4v) is 0.363. The molecular weight excluding hydrogens is 128 g/mol. The van der Waals surface area contributed by atoms with E-state index in [0.717, 1.165) is 17.2 Å². The standard InChI is InChI=1S/C8H12O2/c1-6(2)7(3)4-5-8(9)10/h4-5H,1-3H3,(H,9,10)/b5-4+. The fourth-order valence-electron chi connectivity index (χ4n) is 0.363. The van der Waals surface area contributed by atoms with Crippen molar-refractivity contribution in [1.29, 1.82) is 0 Å². The van der Waals surface area contributed by atoms with Crippen molar-refractivity contribution in [2.24, 2.45) is 0 Å². The van der Waals surface area contributed by atoms with Gasteiger partial charge in [-0.15, -0.1) is 0 Å². The Hall–Kier alpha value is -1.05. The second kappa shape index (κ2) is 3.88. The van der Waals surface area contributed by atoms with Gasteiger partial charge in [0.15, 0.2) is 0 Å². The van der Waals surface area contributed by atoms with Gasteiger partial charge in [-0.25, -0.2) is 4.79 Å². The maximum atomic E-state index is 10.0. The molecule has 0 unspecified atom stereocenters. The Bertz CT molecular complexity index is 183. The highest BCUT2D eigenvalue weighted by atomic mass is 16.4. The van der Waals surface area contributed by atoms with Crippen molar-refractivity contribution in [3.8, 4) is 0 Å². The summed E-state index contributed by atoms with van der Waals surface area (Å²) in [7, 11) is 0. The zero-order chi connectivity index (χ0) is 8.15. The van der Waals surface area contributed by atoms with E-state index in [1.807, 2.05) is 20.8 Å². The maximum Gasteiger partial charge on any atom is 0.328 e. The second-order valence-electron chi connectivity index (χ2n) is 2.35. The zero-order valence-corrected chi connectivity index (χ0v) is 6.51. The third-order valence-corrected chi connectivity index (χ3v) is 1.26. The SMILES string of the molecule is CC(C)=C(C)/C=C/C(=O)O. The van der Waals surface area contributed by atoms with Crippen molar-refractivity contribution in [3.05, 3.63) is 23.3 Å². The minimum atomic E-state index is -0.902. The van der Waals surface area contributed by atoms with Crippen molar-refractivity contribution in [2.75, 3.05) is 0 Å². The number of hydrogen-bond donors (Lipinski definition) is 1. The Kier molecular flexibility index (Phi) is 3.47. The molecule has 0 bridgehead atoms. The lowest BCUT2D eigenvalue weighted by molar-refractivity contribution is -0.131. The van der Waals surface area contributed by atoms with Gasteiger partial charge in [-0.2, -0.15) is 0 Å². The van der Waals surface area contributed by atoms with Crippen molar-refractivity contribution in [2.45, 2.75) is 20.8 Å². The van der Waals surface area contributed by atoms with Crippen LogP contribution in [0, 0.1) is 0 Å². The molecule has 1 N–H and O–H groups in total. The molecule has 0 aromatic carbocycles. The molecule has 0 aromatic heterocycles. The van der Waals surface area contributed by atoms with Gasteiger partial charge in [0, 0.05) is 6.08 Å². The summed E-state index contributed by atoms with van der Waals surface area (Å²) in [5, 5.41) is 8.23. The van der Waals surface area contributed by atoms with Crippen LogP contribution < -0.4 is 0 Å². The molecule has 0 spiro atoms.